The van der Waals surface area contributed by atoms with Crippen LogP contribution in [0.25, 0.3) is 6.08 Å². The smallest absolute Gasteiger partial charge is 0.261 e. The highest BCUT2D eigenvalue weighted by Gasteiger charge is 2.14. The fourth-order valence-corrected chi connectivity index (χ4v) is 2.85. The van der Waals surface area contributed by atoms with Crippen molar-refractivity contribution in [3.8, 4) is 5.75 Å². The summed E-state index contributed by atoms with van der Waals surface area (Å²) in [5, 5.41) is 9.44. The lowest BCUT2D eigenvalue weighted by Crippen LogP contribution is -2.13. The second-order valence-corrected chi connectivity index (χ2v) is 6.07. The SMILES string of the molecule is C=Cc1cccc(S(=O)(=O)Nc2ccc(O)c(C)c2)c1. The Bertz CT molecular complexity index is 751. The molecule has 0 aliphatic heterocycles. The molecule has 4 nitrogen and oxygen atoms in total. The number of nitrogens with one attached hydrogen (secondary N) is 1. The number of phenolic OH excluding ortho intramolecular Hbond substituents is 1. The predicted octanol–water partition coefficient (Wildman–Crippen LogP) is 3.14. The van der Waals surface area contributed by atoms with E-state index >= 15 is 0 Å². The Morgan fingerprint density at radius 3 is 2.60 bits per heavy atom. The van der Waals surface area contributed by atoms with E-state index in [1.165, 1.54) is 18.2 Å². The van der Waals surface area contributed by atoms with Crippen LogP contribution in [0.4, 0.5) is 5.69 Å². The van der Waals surface area contributed by atoms with Crippen molar-refractivity contribution in [2.24, 2.45) is 0 Å². The van der Waals surface area contributed by atoms with Crippen LogP contribution in [0.2, 0.25) is 0 Å². The van der Waals surface area contributed by atoms with Gasteiger partial charge in [0.25, 0.3) is 10.0 Å². The number of sulfonamides is 1. The molecule has 0 bridgehead atoms. The van der Waals surface area contributed by atoms with Gasteiger partial charge in [-0.3, -0.25) is 4.72 Å². The molecule has 0 fully saturated rings. The van der Waals surface area contributed by atoms with Gasteiger partial charge in [0.15, 0.2) is 0 Å². The second-order valence-electron chi connectivity index (χ2n) is 4.38. The number of benzene rings is 2. The van der Waals surface area contributed by atoms with Crippen molar-refractivity contribution in [1.82, 2.24) is 0 Å². The topological polar surface area (TPSA) is 66.4 Å². The average Bonchev–Trinajstić information content (AvgIpc) is 2.43. The van der Waals surface area contributed by atoms with Crippen LogP contribution in [0.5, 0.6) is 5.75 Å². The second kappa shape index (κ2) is 5.38. The number of rotatable bonds is 4. The minimum absolute atomic E-state index is 0.126. The van der Waals surface area contributed by atoms with Crippen molar-refractivity contribution in [2.75, 3.05) is 4.72 Å². The number of aryl methyl sites for hydroxylation is 1. The molecule has 2 aromatic rings. The van der Waals surface area contributed by atoms with Crippen molar-refractivity contribution in [1.29, 1.82) is 0 Å². The Hall–Kier alpha value is -2.27. The third-order valence-electron chi connectivity index (χ3n) is 2.85. The Labute approximate surface area is 118 Å². The van der Waals surface area contributed by atoms with Gasteiger partial charge in [-0.15, -0.1) is 0 Å². The minimum atomic E-state index is -3.65. The van der Waals surface area contributed by atoms with Crippen LogP contribution in [0.3, 0.4) is 0 Å². The molecule has 0 saturated carbocycles. The first-order valence-corrected chi connectivity index (χ1v) is 7.45. The largest absolute Gasteiger partial charge is 0.508 e. The summed E-state index contributed by atoms with van der Waals surface area (Å²) in [6, 6.07) is 11.0. The summed E-state index contributed by atoms with van der Waals surface area (Å²) in [4.78, 5) is 0.167. The van der Waals surface area contributed by atoms with E-state index in [-0.39, 0.29) is 10.6 Å². The summed E-state index contributed by atoms with van der Waals surface area (Å²) in [6.07, 6.45) is 1.59. The lowest BCUT2D eigenvalue weighted by Gasteiger charge is -2.10. The molecule has 5 heteroatoms. The molecule has 0 aliphatic carbocycles. The van der Waals surface area contributed by atoms with Crippen LogP contribution in [0.1, 0.15) is 11.1 Å². The van der Waals surface area contributed by atoms with E-state index < -0.39 is 10.0 Å². The molecule has 0 spiro atoms. The Morgan fingerprint density at radius 1 is 1.20 bits per heavy atom. The molecule has 0 atom stereocenters. The highest BCUT2D eigenvalue weighted by Crippen LogP contribution is 2.23. The summed E-state index contributed by atoms with van der Waals surface area (Å²) in [7, 11) is -3.65. The first kappa shape index (κ1) is 14.1. The van der Waals surface area contributed by atoms with Crippen molar-refractivity contribution in [2.45, 2.75) is 11.8 Å². The zero-order valence-corrected chi connectivity index (χ0v) is 11.8. The Morgan fingerprint density at radius 2 is 1.95 bits per heavy atom. The van der Waals surface area contributed by atoms with Crippen molar-refractivity contribution in [3.05, 3.63) is 60.2 Å². The van der Waals surface area contributed by atoms with Crippen LogP contribution < -0.4 is 4.72 Å². The molecule has 2 aromatic carbocycles. The van der Waals surface area contributed by atoms with Gasteiger partial charge in [0, 0.05) is 5.69 Å². The first-order valence-electron chi connectivity index (χ1n) is 5.97. The number of hydrogen-bond donors (Lipinski definition) is 2. The van der Waals surface area contributed by atoms with Gasteiger partial charge in [-0.2, -0.15) is 0 Å². The first-order chi connectivity index (χ1) is 9.42. The molecule has 0 amide bonds. The maximum absolute atomic E-state index is 12.3. The maximum atomic E-state index is 12.3. The van der Waals surface area contributed by atoms with Crippen molar-refractivity contribution >= 4 is 21.8 Å². The molecule has 0 aromatic heterocycles. The normalized spacial score (nSPS) is 11.1. The lowest BCUT2D eigenvalue weighted by atomic mass is 10.2. The molecule has 2 N–H and O–H groups in total. The summed E-state index contributed by atoms with van der Waals surface area (Å²) < 4.78 is 27.0. The lowest BCUT2D eigenvalue weighted by molar-refractivity contribution is 0.471. The van der Waals surface area contributed by atoms with E-state index in [4.69, 9.17) is 0 Å². The number of anilines is 1. The molecule has 0 radical (unpaired) electrons. The summed E-state index contributed by atoms with van der Waals surface area (Å²) in [5.74, 6) is 0.126. The molecule has 0 heterocycles. The quantitative estimate of drug-likeness (QED) is 0.850. The monoisotopic (exact) mass is 289 g/mol. The maximum Gasteiger partial charge on any atom is 0.261 e. The van der Waals surface area contributed by atoms with E-state index in [1.54, 1.807) is 37.3 Å². The van der Waals surface area contributed by atoms with Crippen molar-refractivity contribution in [3.63, 3.8) is 0 Å². The predicted molar refractivity (Wildman–Crippen MR) is 80.2 cm³/mol. The summed E-state index contributed by atoms with van der Waals surface area (Å²) in [6.45, 7) is 5.32. The molecular formula is C15H15NO3S. The number of aromatic hydroxyl groups is 1. The van der Waals surface area contributed by atoms with Crippen LogP contribution in [0, 0.1) is 6.92 Å². The molecule has 2 rings (SSSR count). The van der Waals surface area contributed by atoms with Gasteiger partial charge >= 0.3 is 0 Å². The van der Waals surface area contributed by atoms with Gasteiger partial charge in [0.2, 0.25) is 0 Å². The van der Waals surface area contributed by atoms with E-state index in [0.29, 0.717) is 11.3 Å². The third kappa shape index (κ3) is 3.00. The molecule has 104 valence electrons. The zero-order chi connectivity index (χ0) is 14.8. The van der Waals surface area contributed by atoms with Gasteiger partial charge in [0.1, 0.15) is 5.75 Å². The van der Waals surface area contributed by atoms with Crippen molar-refractivity contribution < 1.29 is 13.5 Å². The average molecular weight is 289 g/mol. The fourth-order valence-electron chi connectivity index (χ4n) is 1.74. The number of hydrogen-bond acceptors (Lipinski definition) is 3. The van der Waals surface area contributed by atoms with Gasteiger partial charge in [-0.25, -0.2) is 8.42 Å². The molecule has 20 heavy (non-hydrogen) atoms. The fraction of sp³-hybridized carbons (Fsp3) is 0.0667. The summed E-state index contributed by atoms with van der Waals surface area (Å²) in [5.41, 5.74) is 1.74. The third-order valence-corrected chi connectivity index (χ3v) is 4.23. The zero-order valence-electron chi connectivity index (χ0n) is 11.0. The summed E-state index contributed by atoms with van der Waals surface area (Å²) >= 11 is 0. The molecule has 0 unspecified atom stereocenters. The number of phenols is 1. The van der Waals surface area contributed by atoms with Crippen LogP contribution in [-0.2, 0) is 10.0 Å². The highest BCUT2D eigenvalue weighted by atomic mass is 32.2. The van der Waals surface area contributed by atoms with E-state index in [0.717, 1.165) is 5.56 Å². The van der Waals surface area contributed by atoms with Gasteiger partial charge in [-0.1, -0.05) is 24.8 Å². The minimum Gasteiger partial charge on any atom is -0.508 e. The van der Waals surface area contributed by atoms with Crippen LogP contribution >= 0.6 is 0 Å². The molecule has 0 saturated heterocycles. The van der Waals surface area contributed by atoms with Crippen LogP contribution in [0.15, 0.2) is 53.9 Å². The van der Waals surface area contributed by atoms with Gasteiger partial charge in [-0.05, 0) is 48.4 Å². The van der Waals surface area contributed by atoms with Gasteiger partial charge < -0.3 is 5.11 Å². The molecular weight excluding hydrogens is 274 g/mol. The standard InChI is InChI=1S/C15H15NO3S/c1-3-12-5-4-6-14(10-12)20(18,19)16-13-7-8-15(17)11(2)9-13/h3-10,16-17H,1H2,2H3. The highest BCUT2D eigenvalue weighted by molar-refractivity contribution is 7.92. The Kier molecular flexibility index (Phi) is 3.81. The molecule has 0 aliphatic rings. The van der Waals surface area contributed by atoms with Gasteiger partial charge in [0.05, 0.1) is 4.90 Å². The van der Waals surface area contributed by atoms with E-state index in [9.17, 15) is 13.5 Å². The van der Waals surface area contributed by atoms with Crippen LogP contribution in [-0.4, -0.2) is 13.5 Å². The Balaban J connectivity index is 2.35. The van der Waals surface area contributed by atoms with E-state index in [2.05, 4.69) is 11.3 Å². The van der Waals surface area contributed by atoms with E-state index in [1.807, 2.05) is 0 Å².